The Hall–Kier alpha value is -6.44. The summed E-state index contributed by atoms with van der Waals surface area (Å²) in [5.74, 6) is -1.35. The number of rotatable bonds is 20. The van der Waals surface area contributed by atoms with E-state index in [4.69, 9.17) is 18.3 Å². The molecule has 3 atom stereocenters. The van der Waals surface area contributed by atoms with Gasteiger partial charge in [-0.05, 0) is 126 Å². The van der Waals surface area contributed by atoms with Gasteiger partial charge in [-0.15, -0.1) is 0 Å². The number of nitrogens with one attached hydrogen (secondary N) is 3. The molecule has 1 aliphatic heterocycles. The largest absolute Gasteiger partial charge is 0.540 e. The predicted molar refractivity (Wildman–Crippen MR) is 320 cm³/mol. The molecule has 0 unspecified atom stereocenters. The summed E-state index contributed by atoms with van der Waals surface area (Å²) < 4.78 is 25.7. The Morgan fingerprint density at radius 1 is 0.747 bits per heavy atom. The molecular weight excluding hydrogens is 1030 g/mol. The number of methoxy groups -OCH3 is 1. The van der Waals surface area contributed by atoms with Gasteiger partial charge in [-0.1, -0.05) is 137 Å². The minimum atomic E-state index is -2.55. The molecule has 1 heterocycles. The van der Waals surface area contributed by atoms with E-state index in [1.807, 2.05) is 66.9 Å². The van der Waals surface area contributed by atoms with Crippen LogP contribution in [0, 0.1) is 5.92 Å². The molecule has 15 nitrogen and oxygen atoms in total. The number of fused-ring (bicyclic) bond motifs is 3. The van der Waals surface area contributed by atoms with Crippen LogP contribution in [0.4, 0.5) is 21.0 Å². The van der Waals surface area contributed by atoms with Gasteiger partial charge in [0.25, 0.3) is 14.2 Å². The molecule has 0 spiro atoms. The Balaban J connectivity index is 1.26. The molecule has 0 aromatic heterocycles. The maximum absolute atomic E-state index is 15.3. The topological polar surface area (TPSA) is 185 Å². The second kappa shape index (κ2) is 24.5. The van der Waals surface area contributed by atoms with Crippen LogP contribution in [0.3, 0.4) is 0 Å². The van der Waals surface area contributed by atoms with Gasteiger partial charge in [0.2, 0.25) is 11.8 Å². The summed E-state index contributed by atoms with van der Waals surface area (Å²) in [5, 5.41) is 19.1. The van der Waals surface area contributed by atoms with Crippen LogP contribution in [0.5, 0.6) is 11.5 Å². The van der Waals surface area contributed by atoms with E-state index in [1.54, 1.807) is 77.8 Å². The number of nitrogens with zero attached hydrogens (tertiary/aromatic N) is 2. The smallest absolute Gasteiger partial charge is 0.412 e. The Labute approximate surface area is 471 Å². The average Bonchev–Trinajstić information content (AvgIpc) is 4.11. The molecule has 5 amide bonds. The number of carbonyl (C=O) groups is 5. The van der Waals surface area contributed by atoms with Crippen molar-refractivity contribution in [2.24, 2.45) is 5.92 Å². The fraction of sp³-hybridized carbons (Fsp3) is 0.500. The third kappa shape index (κ3) is 13.8. The number of anilines is 2. The molecule has 0 saturated heterocycles. The zero-order valence-electron chi connectivity index (χ0n) is 49.9. The number of ether oxygens (including phenoxy) is 2. The van der Waals surface area contributed by atoms with Gasteiger partial charge < -0.3 is 39.0 Å². The van der Waals surface area contributed by atoms with E-state index < -0.39 is 76.2 Å². The lowest BCUT2D eigenvalue weighted by Crippen LogP contribution is -2.56. The van der Waals surface area contributed by atoms with E-state index in [-0.39, 0.29) is 52.0 Å². The van der Waals surface area contributed by atoms with Gasteiger partial charge in [-0.25, -0.2) is 9.59 Å². The minimum Gasteiger partial charge on any atom is -0.540 e. The van der Waals surface area contributed by atoms with Crippen molar-refractivity contribution >= 4 is 63.5 Å². The summed E-state index contributed by atoms with van der Waals surface area (Å²) in [6.45, 7) is 34.8. The van der Waals surface area contributed by atoms with Crippen molar-refractivity contribution in [2.45, 2.75) is 175 Å². The molecular formula is C62H87N5O10Si2. The van der Waals surface area contributed by atoms with Crippen LogP contribution in [0.25, 0.3) is 16.7 Å². The Bertz CT molecular complexity index is 2840. The van der Waals surface area contributed by atoms with Crippen LogP contribution >= 0.6 is 0 Å². The number of benzene rings is 4. The highest BCUT2D eigenvalue weighted by atomic mass is 28.4. The molecule has 2 aliphatic rings. The Morgan fingerprint density at radius 2 is 1.30 bits per heavy atom. The van der Waals surface area contributed by atoms with Crippen molar-refractivity contribution in [3.8, 4) is 22.6 Å². The highest BCUT2D eigenvalue weighted by Gasteiger charge is 2.48. The first kappa shape index (κ1) is 61.8. The van der Waals surface area contributed by atoms with Crippen LogP contribution in [-0.2, 0) is 18.8 Å². The monoisotopic (exact) mass is 1120 g/mol. The van der Waals surface area contributed by atoms with E-state index in [0.29, 0.717) is 23.6 Å². The molecule has 17 heteroatoms. The lowest BCUT2D eigenvalue weighted by molar-refractivity contribution is -0.130. The summed E-state index contributed by atoms with van der Waals surface area (Å²) in [5.41, 5.74) is 6.46. The Kier molecular flexibility index (Phi) is 19.2. The molecule has 0 bridgehead atoms. The van der Waals surface area contributed by atoms with Crippen LogP contribution in [0.15, 0.2) is 91.1 Å². The summed E-state index contributed by atoms with van der Waals surface area (Å²) in [7, 11) is -3.32. The molecule has 428 valence electrons. The number of hydrogen-bond acceptors (Lipinski definition) is 9. The van der Waals surface area contributed by atoms with E-state index in [9.17, 15) is 24.3 Å². The summed E-state index contributed by atoms with van der Waals surface area (Å²) >= 11 is 0. The quantitative estimate of drug-likeness (QED) is 0.0621. The highest BCUT2D eigenvalue weighted by molar-refractivity contribution is 6.78. The first-order chi connectivity index (χ1) is 36.8. The maximum Gasteiger partial charge on any atom is 0.412 e. The van der Waals surface area contributed by atoms with Gasteiger partial charge in [0.15, 0.2) is 14.1 Å². The molecule has 79 heavy (non-hydrogen) atoms. The molecule has 6 rings (SSSR count). The van der Waals surface area contributed by atoms with Crippen LogP contribution in [0.2, 0.25) is 34.8 Å². The lowest BCUT2D eigenvalue weighted by atomic mass is 9.94. The van der Waals surface area contributed by atoms with Gasteiger partial charge in [0.05, 0.1) is 31.0 Å². The summed E-state index contributed by atoms with van der Waals surface area (Å²) in [4.78, 5) is 72.7. The molecule has 4 N–H and O–H groups in total. The third-order valence-corrected chi connectivity index (χ3v) is 26.6. The number of hydrogen-bond donors (Lipinski definition) is 4. The van der Waals surface area contributed by atoms with Gasteiger partial charge >= 0.3 is 12.2 Å². The first-order valence-corrected chi connectivity index (χ1v) is 32.8. The van der Waals surface area contributed by atoms with Crippen molar-refractivity contribution in [2.75, 3.05) is 30.9 Å². The normalized spacial score (nSPS) is 15.6. The molecule has 0 saturated carbocycles. The van der Waals surface area contributed by atoms with Crippen LogP contribution < -0.4 is 25.1 Å². The van der Waals surface area contributed by atoms with Crippen molar-refractivity contribution in [3.63, 3.8) is 0 Å². The van der Waals surface area contributed by atoms with Crippen LogP contribution in [0.1, 0.15) is 143 Å². The van der Waals surface area contributed by atoms with Gasteiger partial charge in [-0.3, -0.25) is 24.6 Å². The van der Waals surface area contributed by atoms with E-state index >= 15 is 4.79 Å². The maximum atomic E-state index is 15.3. The first-order valence-electron chi connectivity index (χ1n) is 27.8. The molecule has 0 radical (unpaired) electrons. The number of carboxylic acid groups (broad SMARTS) is 1. The SMILES string of the molecule is COc1cc(C(=O)N2C=C(c3ccc(NC(=O)[C@H](C)NC(=O)[C@H](C(C)C)N(CC4c5ccccc5-c5ccccc54)C(=O)O)cc3)C[C@H]2CO[Si](C)(C)C(C)(C)C)c(NC(=O)OC(C)(C)C)cc1O[Si](C(C)C)(C(C)C)C(C)C. The fourth-order valence-electron chi connectivity index (χ4n) is 11.1. The van der Waals surface area contributed by atoms with Gasteiger partial charge in [0.1, 0.15) is 23.4 Å². The average molecular weight is 1120 g/mol. The zero-order chi connectivity index (χ0) is 58.7. The summed E-state index contributed by atoms with van der Waals surface area (Å²) in [6.07, 6.45) is 0.313. The second-order valence-electron chi connectivity index (χ2n) is 25.0. The van der Waals surface area contributed by atoms with Crippen molar-refractivity contribution in [1.29, 1.82) is 0 Å². The third-order valence-electron chi connectivity index (χ3n) is 16.1. The number of amides is 5. The van der Waals surface area contributed by atoms with Crippen molar-refractivity contribution in [3.05, 3.63) is 113 Å². The number of carbonyl (C=O) groups excluding carboxylic acids is 4. The fourth-order valence-corrected chi connectivity index (χ4v) is 17.4. The lowest BCUT2D eigenvalue weighted by Gasteiger charge is -2.42. The van der Waals surface area contributed by atoms with E-state index in [2.05, 4.69) is 91.4 Å². The van der Waals surface area contributed by atoms with E-state index in [1.165, 1.54) is 4.90 Å². The second-order valence-corrected chi connectivity index (χ2v) is 35.2. The van der Waals surface area contributed by atoms with Crippen molar-refractivity contribution in [1.82, 2.24) is 15.1 Å². The molecule has 0 fully saturated rings. The zero-order valence-corrected chi connectivity index (χ0v) is 51.9. The standard InChI is InChI=1S/C62H87N5O10Si2/c1-37(2)55(67(60(72)73)35-51-48-25-21-19-23-46(48)47-24-20-22-26-49(47)51)57(69)63-41(9)56(68)64-44-29-27-42(28-30-44)43-31-45(36-75-78(17,18)62(13,14)15)66(34-43)58(70)50-32-53(74-16)54(33-52(50)65-59(71)76-61(10,11)12)77-79(38(3)4,39(5)6)40(7)8/h19-30,32-34,37-41,45,51,55H,31,35-36H2,1-18H3,(H,63,69)(H,64,68)(H,65,71)(H,72,73)/t41-,45-,55-/m0/s1. The molecule has 4 aromatic carbocycles. The van der Waals surface area contributed by atoms with Gasteiger partial charge in [0, 0.05) is 30.4 Å². The predicted octanol–water partition coefficient (Wildman–Crippen LogP) is 14.1. The summed E-state index contributed by atoms with van der Waals surface area (Å²) in [6, 6.07) is 23.9. The minimum absolute atomic E-state index is 0.0559. The van der Waals surface area contributed by atoms with Gasteiger partial charge in [-0.2, -0.15) is 0 Å². The van der Waals surface area contributed by atoms with E-state index in [0.717, 1.165) is 33.4 Å². The highest BCUT2D eigenvalue weighted by Crippen LogP contribution is 2.48. The Morgan fingerprint density at radius 3 is 1.80 bits per heavy atom. The van der Waals surface area contributed by atoms with Crippen molar-refractivity contribution < 1.29 is 47.4 Å². The molecule has 4 aromatic rings. The molecule has 1 aliphatic carbocycles. The van der Waals surface area contributed by atoms with Crippen LogP contribution in [-0.4, -0.2) is 105 Å².